The van der Waals surface area contributed by atoms with Crippen molar-refractivity contribution in [3.63, 3.8) is 0 Å². The summed E-state index contributed by atoms with van der Waals surface area (Å²) >= 11 is 5.65. The Morgan fingerprint density at radius 2 is 2.36 bits per heavy atom. The molecule has 1 rings (SSSR count). The molecule has 0 spiro atoms. The van der Waals surface area contributed by atoms with Crippen LogP contribution in [0.5, 0.6) is 0 Å². The zero-order chi connectivity index (χ0) is 8.43. The third kappa shape index (κ3) is 1.68. The predicted molar refractivity (Wildman–Crippen MR) is 45.0 cm³/mol. The van der Waals surface area contributed by atoms with E-state index in [1.54, 1.807) is 6.07 Å². The van der Waals surface area contributed by atoms with Gasteiger partial charge >= 0.3 is 0 Å². The van der Waals surface area contributed by atoms with Gasteiger partial charge in [-0.25, -0.2) is 0 Å². The van der Waals surface area contributed by atoms with Crippen molar-refractivity contribution in [2.45, 2.75) is 6.92 Å². The maximum atomic E-state index is 7.12. The summed E-state index contributed by atoms with van der Waals surface area (Å²) in [5.41, 5.74) is 6.56. The first-order valence-corrected chi connectivity index (χ1v) is 3.45. The first-order valence-electron chi connectivity index (χ1n) is 3.08. The van der Waals surface area contributed by atoms with Crippen LogP contribution in [0.1, 0.15) is 11.3 Å². The average Bonchev–Trinajstić information content (AvgIpc) is 1.85. The van der Waals surface area contributed by atoms with Crippen LogP contribution in [0.2, 0.25) is 5.02 Å². The van der Waals surface area contributed by atoms with Crippen LogP contribution in [0.25, 0.3) is 0 Å². The highest BCUT2D eigenvalue weighted by Gasteiger charge is 2.02. The SMILES string of the molecule is Cc1cc(Cl)cnc1C(=N)N. The molecule has 3 N–H and O–H groups in total. The van der Waals surface area contributed by atoms with Crippen molar-refractivity contribution in [2.75, 3.05) is 0 Å². The van der Waals surface area contributed by atoms with Crippen LogP contribution < -0.4 is 5.73 Å². The van der Waals surface area contributed by atoms with Gasteiger partial charge in [0.1, 0.15) is 11.5 Å². The number of hydrogen-bond donors (Lipinski definition) is 2. The Bertz CT molecular complexity index is 296. The smallest absolute Gasteiger partial charge is 0.142 e. The minimum Gasteiger partial charge on any atom is -0.382 e. The number of nitrogens with one attached hydrogen (secondary N) is 1. The monoisotopic (exact) mass is 169 g/mol. The predicted octanol–water partition coefficient (Wildman–Crippen LogP) is 1.33. The molecule has 0 aliphatic rings. The highest BCUT2D eigenvalue weighted by molar-refractivity contribution is 6.30. The van der Waals surface area contributed by atoms with E-state index in [4.69, 9.17) is 22.7 Å². The molecule has 0 amide bonds. The zero-order valence-corrected chi connectivity index (χ0v) is 6.81. The second-order valence-electron chi connectivity index (χ2n) is 2.23. The molecule has 0 bridgehead atoms. The number of halogens is 1. The van der Waals surface area contributed by atoms with E-state index in [1.165, 1.54) is 6.20 Å². The van der Waals surface area contributed by atoms with E-state index in [0.29, 0.717) is 10.7 Å². The van der Waals surface area contributed by atoms with Gasteiger partial charge in [-0.3, -0.25) is 10.4 Å². The summed E-state index contributed by atoms with van der Waals surface area (Å²) in [5, 5.41) is 7.68. The third-order valence-electron chi connectivity index (χ3n) is 1.30. The highest BCUT2D eigenvalue weighted by Crippen LogP contribution is 2.11. The van der Waals surface area contributed by atoms with Crippen LogP contribution >= 0.6 is 11.6 Å². The number of aryl methyl sites for hydroxylation is 1. The molecule has 0 unspecified atom stereocenters. The number of rotatable bonds is 1. The molecule has 0 aromatic carbocycles. The number of hydrogen-bond acceptors (Lipinski definition) is 2. The van der Waals surface area contributed by atoms with Gasteiger partial charge in [-0.15, -0.1) is 0 Å². The number of amidine groups is 1. The van der Waals surface area contributed by atoms with Gasteiger partial charge in [0, 0.05) is 6.20 Å². The number of nitrogens with two attached hydrogens (primary N) is 1. The molecule has 11 heavy (non-hydrogen) atoms. The Kier molecular flexibility index (Phi) is 2.10. The van der Waals surface area contributed by atoms with Crippen molar-refractivity contribution < 1.29 is 0 Å². The average molecular weight is 170 g/mol. The molecule has 1 heterocycles. The van der Waals surface area contributed by atoms with Gasteiger partial charge in [-0.2, -0.15) is 0 Å². The molecule has 3 nitrogen and oxygen atoms in total. The Balaban J connectivity index is 3.20. The lowest BCUT2D eigenvalue weighted by molar-refractivity contribution is 1.21. The minimum atomic E-state index is -0.0285. The van der Waals surface area contributed by atoms with Gasteiger partial charge in [-0.05, 0) is 18.6 Å². The van der Waals surface area contributed by atoms with Crippen LogP contribution in [0.15, 0.2) is 12.3 Å². The first kappa shape index (κ1) is 8.01. The van der Waals surface area contributed by atoms with Crippen LogP contribution in [-0.4, -0.2) is 10.8 Å². The van der Waals surface area contributed by atoms with Crippen molar-refractivity contribution in [3.05, 3.63) is 28.5 Å². The van der Waals surface area contributed by atoms with Gasteiger partial charge in [0.25, 0.3) is 0 Å². The fraction of sp³-hybridized carbons (Fsp3) is 0.143. The molecular formula is C7H8ClN3. The maximum Gasteiger partial charge on any atom is 0.142 e. The molecular weight excluding hydrogens is 162 g/mol. The van der Waals surface area contributed by atoms with Crippen LogP contribution in [-0.2, 0) is 0 Å². The van der Waals surface area contributed by atoms with E-state index in [1.807, 2.05) is 6.92 Å². The van der Waals surface area contributed by atoms with E-state index in [0.717, 1.165) is 5.56 Å². The standard InChI is InChI=1S/C7H8ClN3/c1-4-2-5(8)3-11-6(4)7(9)10/h2-3H,1H3,(H3,9,10). The molecule has 0 saturated heterocycles. The zero-order valence-electron chi connectivity index (χ0n) is 6.06. The molecule has 0 aliphatic carbocycles. The van der Waals surface area contributed by atoms with E-state index in [-0.39, 0.29) is 5.84 Å². The molecule has 0 atom stereocenters. The molecule has 0 radical (unpaired) electrons. The maximum absolute atomic E-state index is 7.12. The Morgan fingerprint density at radius 3 is 2.82 bits per heavy atom. The molecule has 1 aromatic heterocycles. The summed E-state index contributed by atoms with van der Waals surface area (Å²) in [5.74, 6) is -0.0285. The summed E-state index contributed by atoms with van der Waals surface area (Å²) in [6, 6.07) is 1.73. The fourth-order valence-corrected chi connectivity index (χ4v) is 1.03. The summed E-state index contributed by atoms with van der Waals surface area (Å²) < 4.78 is 0. The summed E-state index contributed by atoms with van der Waals surface area (Å²) in [6.45, 7) is 1.82. The number of nitrogens with zero attached hydrogens (tertiary/aromatic N) is 1. The normalized spacial score (nSPS) is 9.64. The van der Waals surface area contributed by atoms with Crippen molar-refractivity contribution >= 4 is 17.4 Å². The lowest BCUT2D eigenvalue weighted by Gasteiger charge is -2.01. The summed E-state index contributed by atoms with van der Waals surface area (Å²) in [7, 11) is 0. The van der Waals surface area contributed by atoms with Crippen LogP contribution in [0.3, 0.4) is 0 Å². The molecule has 58 valence electrons. The Morgan fingerprint density at radius 1 is 1.73 bits per heavy atom. The second kappa shape index (κ2) is 2.88. The van der Waals surface area contributed by atoms with Gasteiger partial charge in [-0.1, -0.05) is 11.6 Å². The van der Waals surface area contributed by atoms with Gasteiger partial charge in [0.15, 0.2) is 0 Å². The molecule has 0 aliphatic heterocycles. The topological polar surface area (TPSA) is 62.8 Å². The number of nitrogen functional groups attached to an aromatic ring is 1. The van der Waals surface area contributed by atoms with Gasteiger partial charge < -0.3 is 5.73 Å². The minimum absolute atomic E-state index is 0.0285. The number of pyridine rings is 1. The van der Waals surface area contributed by atoms with E-state index in [9.17, 15) is 0 Å². The Hall–Kier alpha value is -1.09. The third-order valence-corrected chi connectivity index (χ3v) is 1.51. The van der Waals surface area contributed by atoms with Crippen molar-refractivity contribution in [2.24, 2.45) is 5.73 Å². The highest BCUT2D eigenvalue weighted by atomic mass is 35.5. The van der Waals surface area contributed by atoms with E-state index < -0.39 is 0 Å². The molecule has 4 heteroatoms. The summed E-state index contributed by atoms with van der Waals surface area (Å²) in [4.78, 5) is 3.90. The van der Waals surface area contributed by atoms with E-state index in [2.05, 4.69) is 4.98 Å². The quantitative estimate of drug-likeness (QED) is 0.492. The lowest BCUT2D eigenvalue weighted by atomic mass is 10.2. The molecule has 0 fully saturated rings. The van der Waals surface area contributed by atoms with Gasteiger partial charge in [0.05, 0.1) is 5.02 Å². The largest absolute Gasteiger partial charge is 0.382 e. The van der Waals surface area contributed by atoms with Gasteiger partial charge in [0.2, 0.25) is 0 Å². The summed E-state index contributed by atoms with van der Waals surface area (Å²) in [6.07, 6.45) is 1.48. The van der Waals surface area contributed by atoms with E-state index >= 15 is 0 Å². The van der Waals surface area contributed by atoms with Crippen molar-refractivity contribution in [1.82, 2.24) is 4.98 Å². The first-order chi connectivity index (χ1) is 5.11. The number of aromatic nitrogens is 1. The van der Waals surface area contributed by atoms with Crippen molar-refractivity contribution in [1.29, 1.82) is 5.41 Å². The Labute approximate surface area is 69.7 Å². The van der Waals surface area contributed by atoms with Crippen LogP contribution in [0, 0.1) is 12.3 Å². The lowest BCUT2D eigenvalue weighted by Crippen LogP contribution is -2.14. The van der Waals surface area contributed by atoms with Crippen LogP contribution in [0.4, 0.5) is 0 Å². The molecule has 0 saturated carbocycles. The van der Waals surface area contributed by atoms with Crippen molar-refractivity contribution in [3.8, 4) is 0 Å². The fourth-order valence-electron chi connectivity index (χ4n) is 0.822. The molecule has 1 aromatic rings. The second-order valence-corrected chi connectivity index (χ2v) is 2.67.